The molecule has 1 aromatic carbocycles. The van der Waals surface area contributed by atoms with Crippen LogP contribution in [0.3, 0.4) is 0 Å². The quantitative estimate of drug-likeness (QED) is 0.226. The van der Waals surface area contributed by atoms with Crippen LogP contribution in [0.15, 0.2) is 55.0 Å². The number of imidazole rings is 1. The van der Waals surface area contributed by atoms with Crippen molar-refractivity contribution in [1.29, 1.82) is 5.26 Å². The average molecular weight is 595 g/mol. The molecule has 1 saturated carbocycles. The molecule has 2 fully saturated rings. The number of nitriles is 1. The molecular formula is C32H31FN8OS. The molecule has 43 heavy (non-hydrogen) atoms. The Kier molecular flexibility index (Phi) is 6.83. The van der Waals surface area contributed by atoms with Crippen LogP contribution in [0.2, 0.25) is 0 Å². The average Bonchev–Trinajstić information content (AvgIpc) is 3.50. The van der Waals surface area contributed by atoms with Crippen molar-refractivity contribution in [2.24, 2.45) is 11.3 Å². The molecule has 0 spiro atoms. The van der Waals surface area contributed by atoms with Gasteiger partial charge < -0.3 is 14.9 Å². The Bertz CT molecular complexity index is 1830. The number of rotatable bonds is 9. The number of hydrogen-bond acceptors (Lipinski definition) is 9. The first-order valence-corrected chi connectivity index (χ1v) is 15.3. The number of aromatic nitrogens is 5. The maximum Gasteiger partial charge on any atom is 0.225 e. The van der Waals surface area contributed by atoms with Crippen LogP contribution in [-0.4, -0.2) is 56.2 Å². The van der Waals surface area contributed by atoms with E-state index in [1.807, 2.05) is 47.1 Å². The Balaban J connectivity index is 1.15. The minimum atomic E-state index is -0.334. The van der Waals surface area contributed by atoms with E-state index in [0.29, 0.717) is 40.2 Å². The summed E-state index contributed by atoms with van der Waals surface area (Å²) in [6, 6.07) is 12.3. The lowest BCUT2D eigenvalue weighted by Crippen LogP contribution is -2.48. The molecule has 0 amide bonds. The zero-order valence-corrected chi connectivity index (χ0v) is 24.9. The zero-order chi connectivity index (χ0) is 29.7. The lowest BCUT2D eigenvalue weighted by Gasteiger charge is -2.40. The van der Waals surface area contributed by atoms with Gasteiger partial charge in [-0.2, -0.15) is 5.26 Å². The predicted molar refractivity (Wildman–Crippen MR) is 165 cm³/mol. The molecule has 5 aromatic rings. The Hall–Kier alpha value is -4.40. The number of nitrogens with zero attached hydrogens (tertiary/aromatic N) is 8. The van der Waals surface area contributed by atoms with Gasteiger partial charge in [0.15, 0.2) is 5.13 Å². The lowest BCUT2D eigenvalue weighted by molar-refractivity contribution is 0.173. The topological polar surface area (TPSA) is 106 Å². The number of hydrogen-bond donors (Lipinski definition) is 1. The van der Waals surface area contributed by atoms with Crippen molar-refractivity contribution in [1.82, 2.24) is 24.3 Å². The zero-order valence-electron chi connectivity index (χ0n) is 24.0. The molecule has 1 aliphatic heterocycles. The number of thiazole rings is 1. The van der Waals surface area contributed by atoms with Crippen molar-refractivity contribution in [2.45, 2.75) is 32.6 Å². The van der Waals surface area contributed by atoms with Gasteiger partial charge in [0.05, 0.1) is 5.69 Å². The third-order valence-electron chi connectivity index (χ3n) is 8.66. The molecule has 0 unspecified atom stereocenters. The van der Waals surface area contributed by atoms with Crippen LogP contribution in [0, 0.1) is 28.5 Å². The van der Waals surface area contributed by atoms with Gasteiger partial charge in [0.25, 0.3) is 0 Å². The maximum absolute atomic E-state index is 13.5. The predicted octanol–water partition coefficient (Wildman–Crippen LogP) is 5.85. The number of fused-ring (bicyclic) bond motifs is 1. The van der Waals surface area contributed by atoms with Crippen molar-refractivity contribution >= 4 is 33.9 Å². The summed E-state index contributed by atoms with van der Waals surface area (Å²) in [6.07, 6.45) is 9.86. The number of aliphatic hydroxyl groups excluding tert-OH is 1. The summed E-state index contributed by atoms with van der Waals surface area (Å²) < 4.78 is 15.6. The summed E-state index contributed by atoms with van der Waals surface area (Å²) in [5, 5.41) is 20.1. The van der Waals surface area contributed by atoms with Crippen molar-refractivity contribution in [2.75, 3.05) is 36.5 Å². The van der Waals surface area contributed by atoms with E-state index < -0.39 is 0 Å². The largest absolute Gasteiger partial charge is 0.396 e. The molecule has 0 atom stereocenters. The molecule has 0 radical (unpaired) electrons. The number of aliphatic hydroxyl groups is 1. The number of anilines is 3. The molecule has 1 N–H and O–H groups in total. The molecule has 11 heteroatoms. The maximum atomic E-state index is 13.5. The second kappa shape index (κ2) is 10.7. The van der Waals surface area contributed by atoms with E-state index in [9.17, 15) is 14.8 Å². The minimum Gasteiger partial charge on any atom is -0.396 e. The second-order valence-corrected chi connectivity index (χ2v) is 12.6. The minimum absolute atomic E-state index is 0.181. The first-order chi connectivity index (χ1) is 20.9. The summed E-state index contributed by atoms with van der Waals surface area (Å²) in [7, 11) is 1.92. The smallest absolute Gasteiger partial charge is 0.225 e. The van der Waals surface area contributed by atoms with Crippen molar-refractivity contribution in [3.05, 3.63) is 71.4 Å². The highest BCUT2D eigenvalue weighted by atomic mass is 32.1. The number of benzene rings is 1. The van der Waals surface area contributed by atoms with Crippen molar-refractivity contribution in [3.63, 3.8) is 0 Å². The van der Waals surface area contributed by atoms with Crippen LogP contribution in [-0.2, 0) is 6.42 Å². The molecular weight excluding hydrogens is 563 g/mol. The summed E-state index contributed by atoms with van der Waals surface area (Å²) >= 11 is 1.29. The van der Waals surface area contributed by atoms with Gasteiger partial charge >= 0.3 is 0 Å². The summed E-state index contributed by atoms with van der Waals surface area (Å²) in [6.45, 7) is 4.23. The number of halogens is 1. The van der Waals surface area contributed by atoms with Gasteiger partial charge in [0.2, 0.25) is 5.95 Å². The van der Waals surface area contributed by atoms with Gasteiger partial charge in [-0.05, 0) is 73.4 Å². The van der Waals surface area contributed by atoms with E-state index >= 15 is 0 Å². The van der Waals surface area contributed by atoms with Gasteiger partial charge in [-0.3, -0.25) is 4.40 Å². The van der Waals surface area contributed by atoms with Crippen molar-refractivity contribution < 1.29 is 9.50 Å². The van der Waals surface area contributed by atoms with Crippen LogP contribution in [0.4, 0.5) is 21.3 Å². The molecule has 2 aliphatic rings. The van der Waals surface area contributed by atoms with E-state index in [2.05, 4.69) is 27.9 Å². The Morgan fingerprint density at radius 3 is 2.44 bits per heavy atom. The van der Waals surface area contributed by atoms with Gasteiger partial charge in [-0.25, -0.2) is 24.3 Å². The van der Waals surface area contributed by atoms with E-state index in [-0.39, 0.29) is 11.2 Å². The lowest BCUT2D eigenvalue weighted by atomic mass is 9.87. The van der Waals surface area contributed by atoms with Crippen LogP contribution < -0.4 is 9.80 Å². The molecule has 218 valence electrons. The Morgan fingerprint density at radius 1 is 1.07 bits per heavy atom. The van der Waals surface area contributed by atoms with Crippen molar-refractivity contribution in [3.8, 4) is 28.5 Å². The van der Waals surface area contributed by atoms with Crippen LogP contribution in [0.1, 0.15) is 36.8 Å². The molecule has 1 saturated heterocycles. The van der Waals surface area contributed by atoms with Crippen LogP contribution in [0.25, 0.3) is 28.0 Å². The third kappa shape index (κ3) is 5.00. The molecule has 0 bridgehead atoms. The molecule has 9 nitrogen and oxygen atoms in total. The van der Waals surface area contributed by atoms with E-state index in [1.165, 1.54) is 23.5 Å². The van der Waals surface area contributed by atoms with E-state index in [0.717, 1.165) is 66.6 Å². The van der Waals surface area contributed by atoms with Crippen LogP contribution in [0.5, 0.6) is 0 Å². The monoisotopic (exact) mass is 594 g/mol. The normalized spacial score (nSPS) is 15.8. The fraction of sp³-hybridized carbons (Fsp3) is 0.344. The van der Waals surface area contributed by atoms with Gasteiger partial charge in [0.1, 0.15) is 33.9 Å². The Labute approximate surface area is 252 Å². The Morgan fingerprint density at radius 2 is 1.79 bits per heavy atom. The highest BCUT2D eigenvalue weighted by Crippen LogP contribution is 2.51. The summed E-state index contributed by atoms with van der Waals surface area (Å²) in [5.41, 5.74) is 4.98. The molecule has 1 aliphatic carbocycles. The first-order valence-electron chi connectivity index (χ1n) is 14.5. The molecule has 5 heterocycles. The van der Waals surface area contributed by atoms with E-state index in [1.54, 1.807) is 12.1 Å². The fourth-order valence-corrected chi connectivity index (χ4v) is 6.83. The highest BCUT2D eigenvalue weighted by Gasteiger charge is 2.46. The standard InChI is InChI=1S/C32H31FN8OS/c1-3-25-29(39(2)31-38-28(26(13-34)43-31)21-4-7-24(33)8-5-21)41-18-22(6-9-27(41)37-25)23-14-35-30(36-15-23)40-16-20(17-40)12-32(19-42)10-11-32/h4-9,14-15,18,20,42H,3,10-12,16-17,19H2,1-2H3. The van der Waals surface area contributed by atoms with Gasteiger partial charge in [-0.15, -0.1) is 0 Å². The summed E-state index contributed by atoms with van der Waals surface area (Å²) in [5.74, 6) is 1.86. The molecule has 4 aromatic heterocycles. The summed E-state index contributed by atoms with van der Waals surface area (Å²) in [4.78, 5) is 23.6. The van der Waals surface area contributed by atoms with Gasteiger partial charge in [0, 0.05) is 62.0 Å². The fourth-order valence-electron chi connectivity index (χ4n) is 5.98. The second-order valence-electron chi connectivity index (χ2n) is 11.6. The van der Waals surface area contributed by atoms with Crippen LogP contribution >= 0.6 is 11.3 Å². The first kappa shape index (κ1) is 27.4. The van der Waals surface area contributed by atoms with E-state index in [4.69, 9.17) is 9.97 Å². The molecule has 7 rings (SSSR count). The SMILES string of the molecule is CCc1nc2ccc(-c3cnc(N4CC(CC5(CO)CC5)C4)nc3)cn2c1N(C)c1nc(-c2ccc(F)cc2)c(C#N)s1. The van der Waals surface area contributed by atoms with Gasteiger partial charge in [-0.1, -0.05) is 18.3 Å². The number of pyridine rings is 1. The highest BCUT2D eigenvalue weighted by molar-refractivity contribution is 7.16. The third-order valence-corrected chi connectivity index (χ3v) is 9.70. The number of aryl methyl sites for hydroxylation is 1.